The van der Waals surface area contributed by atoms with Crippen molar-refractivity contribution < 1.29 is 33.2 Å². The standard InChI is InChI=1S/C27H44O7/c1-27(2,3)34-24(28)18-29-13-10-19-14-20-16-23(33-26-9-5-7-12-31-26)22(21(20)15-19)17-32-25-8-4-6-11-30-25/h10,20-23,25-26H,4-9,11-18H2,1-3H3/b19-10+/t20-,21-,22+,23+,25?,26?/m0/s1. The summed E-state index contributed by atoms with van der Waals surface area (Å²) in [5.74, 6) is 1.19. The maximum Gasteiger partial charge on any atom is 0.332 e. The largest absolute Gasteiger partial charge is 0.458 e. The number of carbonyl (C=O) groups excluding carboxylic acids is 1. The molecule has 0 amide bonds. The van der Waals surface area contributed by atoms with E-state index in [4.69, 9.17) is 28.4 Å². The van der Waals surface area contributed by atoms with Crippen LogP contribution in [0.3, 0.4) is 0 Å². The van der Waals surface area contributed by atoms with E-state index >= 15 is 0 Å². The van der Waals surface area contributed by atoms with Crippen molar-refractivity contribution in [1.29, 1.82) is 0 Å². The highest BCUT2D eigenvalue weighted by Crippen LogP contribution is 2.51. The second-order valence-corrected chi connectivity index (χ2v) is 11.3. The molecule has 2 saturated carbocycles. The van der Waals surface area contributed by atoms with E-state index in [0.717, 1.165) is 58.2 Å². The van der Waals surface area contributed by atoms with E-state index in [1.54, 1.807) is 0 Å². The summed E-state index contributed by atoms with van der Waals surface area (Å²) in [6.45, 7) is 8.31. The van der Waals surface area contributed by atoms with Gasteiger partial charge in [0.15, 0.2) is 12.6 Å². The molecule has 0 aromatic rings. The number of hydrogen-bond donors (Lipinski definition) is 0. The van der Waals surface area contributed by atoms with Crippen molar-refractivity contribution >= 4 is 5.97 Å². The lowest BCUT2D eigenvalue weighted by molar-refractivity contribution is -0.211. The zero-order chi connectivity index (χ0) is 24.0. The van der Waals surface area contributed by atoms with Crippen LogP contribution in [0, 0.1) is 17.8 Å². The second-order valence-electron chi connectivity index (χ2n) is 11.3. The van der Waals surface area contributed by atoms with Gasteiger partial charge in [0.1, 0.15) is 12.2 Å². The fourth-order valence-electron chi connectivity index (χ4n) is 5.87. The summed E-state index contributed by atoms with van der Waals surface area (Å²) in [6, 6.07) is 0. The Kier molecular flexibility index (Phi) is 9.44. The molecule has 194 valence electrons. The summed E-state index contributed by atoms with van der Waals surface area (Å²) in [5.41, 5.74) is 0.938. The van der Waals surface area contributed by atoms with Crippen LogP contribution in [0.2, 0.25) is 0 Å². The minimum atomic E-state index is -0.483. The van der Waals surface area contributed by atoms with Gasteiger partial charge in [0.05, 0.1) is 19.3 Å². The van der Waals surface area contributed by atoms with Gasteiger partial charge in [-0.05, 0) is 90.4 Å². The molecule has 2 heterocycles. The summed E-state index contributed by atoms with van der Waals surface area (Å²) in [4.78, 5) is 11.8. The first-order valence-corrected chi connectivity index (χ1v) is 13.3. The Balaban J connectivity index is 1.28. The molecule has 2 saturated heterocycles. The lowest BCUT2D eigenvalue weighted by Gasteiger charge is -2.32. The van der Waals surface area contributed by atoms with Crippen LogP contribution in [-0.2, 0) is 33.2 Å². The van der Waals surface area contributed by atoms with Crippen LogP contribution in [0.4, 0.5) is 0 Å². The summed E-state index contributed by atoms with van der Waals surface area (Å²) in [7, 11) is 0. The van der Waals surface area contributed by atoms with Crippen molar-refractivity contribution in [3.8, 4) is 0 Å². The van der Waals surface area contributed by atoms with E-state index in [-0.39, 0.29) is 31.3 Å². The van der Waals surface area contributed by atoms with Gasteiger partial charge in [-0.15, -0.1) is 0 Å². The van der Waals surface area contributed by atoms with Gasteiger partial charge in [-0.1, -0.05) is 11.6 Å². The Morgan fingerprint density at radius 2 is 1.76 bits per heavy atom. The number of esters is 1. The zero-order valence-corrected chi connectivity index (χ0v) is 21.3. The minimum Gasteiger partial charge on any atom is -0.458 e. The molecule has 2 aliphatic heterocycles. The van der Waals surface area contributed by atoms with E-state index in [1.807, 2.05) is 20.8 Å². The Hall–Kier alpha value is -0.990. The number of rotatable bonds is 9. The quantitative estimate of drug-likeness (QED) is 0.267. The second kappa shape index (κ2) is 12.3. The molecule has 6 atom stereocenters. The first-order chi connectivity index (χ1) is 16.4. The summed E-state index contributed by atoms with van der Waals surface area (Å²) >= 11 is 0. The van der Waals surface area contributed by atoms with Crippen molar-refractivity contribution in [2.45, 2.75) is 103 Å². The Labute approximate surface area is 204 Å². The third kappa shape index (κ3) is 7.76. The van der Waals surface area contributed by atoms with E-state index in [0.29, 0.717) is 31.0 Å². The van der Waals surface area contributed by atoms with Crippen molar-refractivity contribution in [2.24, 2.45) is 17.8 Å². The maximum atomic E-state index is 11.8. The Morgan fingerprint density at radius 3 is 2.44 bits per heavy atom. The number of allylic oxidation sites excluding steroid dienone is 1. The van der Waals surface area contributed by atoms with E-state index in [9.17, 15) is 4.79 Å². The predicted molar refractivity (Wildman–Crippen MR) is 127 cm³/mol. The molecular weight excluding hydrogens is 436 g/mol. The van der Waals surface area contributed by atoms with Crippen LogP contribution in [0.15, 0.2) is 11.6 Å². The molecule has 0 aromatic carbocycles. The molecule has 0 spiro atoms. The smallest absolute Gasteiger partial charge is 0.332 e. The van der Waals surface area contributed by atoms with E-state index in [2.05, 4.69) is 6.08 Å². The summed E-state index contributed by atoms with van der Waals surface area (Å²) < 4.78 is 35.3. The zero-order valence-electron chi connectivity index (χ0n) is 21.3. The Bertz CT molecular complexity index is 673. The van der Waals surface area contributed by atoms with Gasteiger partial charge in [0.2, 0.25) is 0 Å². The molecule has 4 rings (SSSR count). The average molecular weight is 481 g/mol. The van der Waals surface area contributed by atoms with Crippen LogP contribution >= 0.6 is 0 Å². The third-order valence-electron chi connectivity index (χ3n) is 7.40. The van der Waals surface area contributed by atoms with Gasteiger partial charge < -0.3 is 28.4 Å². The lowest BCUT2D eigenvalue weighted by Crippen LogP contribution is -2.35. The van der Waals surface area contributed by atoms with Crippen LogP contribution < -0.4 is 0 Å². The molecule has 0 bridgehead atoms. The summed E-state index contributed by atoms with van der Waals surface area (Å²) in [6.07, 6.45) is 12.0. The van der Waals surface area contributed by atoms with Gasteiger partial charge >= 0.3 is 5.97 Å². The fraction of sp³-hybridized carbons (Fsp3) is 0.889. The minimum absolute atomic E-state index is 0.0109. The number of carbonyl (C=O) groups is 1. The first kappa shape index (κ1) is 26.1. The molecule has 0 aromatic heterocycles. The molecule has 0 radical (unpaired) electrons. The van der Waals surface area contributed by atoms with Gasteiger partial charge in [-0.3, -0.25) is 0 Å². The third-order valence-corrected chi connectivity index (χ3v) is 7.40. The highest BCUT2D eigenvalue weighted by atomic mass is 16.7. The number of fused-ring (bicyclic) bond motifs is 1. The highest BCUT2D eigenvalue weighted by Gasteiger charge is 2.48. The maximum absolute atomic E-state index is 11.8. The average Bonchev–Trinajstić information content (AvgIpc) is 3.33. The molecule has 4 fully saturated rings. The normalized spacial score (nSPS) is 35.4. The summed E-state index contributed by atoms with van der Waals surface area (Å²) in [5, 5.41) is 0. The van der Waals surface area contributed by atoms with Crippen LogP contribution in [0.5, 0.6) is 0 Å². The fourth-order valence-corrected chi connectivity index (χ4v) is 5.87. The van der Waals surface area contributed by atoms with Crippen molar-refractivity contribution in [3.05, 3.63) is 11.6 Å². The molecule has 7 heteroatoms. The highest BCUT2D eigenvalue weighted by molar-refractivity contribution is 5.71. The Morgan fingerprint density at radius 1 is 1.03 bits per heavy atom. The van der Waals surface area contributed by atoms with Gasteiger partial charge in [-0.25, -0.2) is 4.79 Å². The first-order valence-electron chi connectivity index (χ1n) is 13.3. The monoisotopic (exact) mass is 480 g/mol. The molecule has 0 N–H and O–H groups in total. The van der Waals surface area contributed by atoms with E-state index in [1.165, 1.54) is 18.4 Å². The van der Waals surface area contributed by atoms with Gasteiger partial charge in [0.25, 0.3) is 0 Å². The molecule has 7 nitrogen and oxygen atoms in total. The van der Waals surface area contributed by atoms with E-state index < -0.39 is 5.60 Å². The predicted octanol–water partition coefficient (Wildman–Crippen LogP) is 4.77. The number of ether oxygens (including phenoxy) is 6. The van der Waals surface area contributed by atoms with Gasteiger partial charge in [-0.2, -0.15) is 0 Å². The molecule has 2 aliphatic carbocycles. The van der Waals surface area contributed by atoms with Crippen molar-refractivity contribution in [1.82, 2.24) is 0 Å². The van der Waals surface area contributed by atoms with Crippen LogP contribution in [-0.4, -0.2) is 63.3 Å². The molecule has 2 unspecified atom stereocenters. The SMILES string of the molecule is CC(C)(C)OC(=O)COC/C=C1\C[C@H]2C[C@@H](OC3CCCCO3)[C@H](COC3CCCCO3)[C@H]2C1. The molecule has 34 heavy (non-hydrogen) atoms. The molecular formula is C27H44O7. The van der Waals surface area contributed by atoms with Crippen molar-refractivity contribution in [3.63, 3.8) is 0 Å². The van der Waals surface area contributed by atoms with Gasteiger partial charge in [0, 0.05) is 19.1 Å². The van der Waals surface area contributed by atoms with Crippen molar-refractivity contribution in [2.75, 3.05) is 33.0 Å². The number of hydrogen-bond acceptors (Lipinski definition) is 7. The topological polar surface area (TPSA) is 72.5 Å². The molecule has 4 aliphatic rings. The van der Waals surface area contributed by atoms with Crippen LogP contribution in [0.1, 0.15) is 78.6 Å². The van der Waals surface area contributed by atoms with Crippen LogP contribution in [0.25, 0.3) is 0 Å². The lowest BCUT2D eigenvalue weighted by atomic mass is 9.91.